The smallest absolute Gasteiger partial charge is 0.229 e. The van der Waals surface area contributed by atoms with E-state index in [4.69, 9.17) is 21.1 Å². The van der Waals surface area contributed by atoms with Gasteiger partial charge in [-0.15, -0.1) is 0 Å². The van der Waals surface area contributed by atoms with Gasteiger partial charge >= 0.3 is 0 Å². The van der Waals surface area contributed by atoms with Crippen molar-refractivity contribution in [3.05, 3.63) is 40.7 Å². The third kappa shape index (κ3) is 7.14. The number of sulfone groups is 1. The van der Waals surface area contributed by atoms with Crippen LogP contribution in [0.2, 0.25) is 5.02 Å². The fraction of sp³-hybridized carbons (Fsp3) is 0.581. The number of nitrogens with one attached hydrogen (secondary N) is 2. The number of piperidine rings is 1. The molecule has 13 heteroatoms. The highest BCUT2D eigenvalue weighted by atomic mass is 35.5. The van der Waals surface area contributed by atoms with Crippen molar-refractivity contribution in [1.82, 2.24) is 24.6 Å². The van der Waals surface area contributed by atoms with Crippen LogP contribution in [0, 0.1) is 6.92 Å². The van der Waals surface area contributed by atoms with Crippen molar-refractivity contribution < 1.29 is 17.9 Å². The van der Waals surface area contributed by atoms with E-state index < -0.39 is 15.1 Å². The van der Waals surface area contributed by atoms with E-state index in [2.05, 4.69) is 63.5 Å². The molecule has 1 aliphatic carbocycles. The van der Waals surface area contributed by atoms with Crippen molar-refractivity contribution in [2.24, 2.45) is 7.05 Å². The number of anilines is 4. The summed E-state index contributed by atoms with van der Waals surface area (Å²) in [5.41, 5.74) is 3.56. The quantitative estimate of drug-likeness (QED) is 0.243. The second kappa shape index (κ2) is 12.8. The lowest BCUT2D eigenvalue weighted by Gasteiger charge is -2.43. The molecule has 0 spiro atoms. The maximum Gasteiger partial charge on any atom is 0.229 e. The van der Waals surface area contributed by atoms with Gasteiger partial charge in [0.1, 0.15) is 10.8 Å². The first-order chi connectivity index (χ1) is 20.8. The van der Waals surface area contributed by atoms with Gasteiger partial charge in [-0.3, -0.25) is 9.58 Å². The molecule has 11 nitrogen and oxygen atoms in total. The molecular weight excluding hydrogens is 602 g/mol. The third-order valence-corrected chi connectivity index (χ3v) is 10.8. The molecule has 240 valence electrons. The number of hydrogen-bond acceptors (Lipinski definition) is 10. The van der Waals surface area contributed by atoms with Gasteiger partial charge in [0.05, 0.1) is 35.5 Å². The molecule has 44 heavy (non-hydrogen) atoms. The molecule has 2 fully saturated rings. The second-order valence-corrected chi connectivity index (χ2v) is 15.6. The summed E-state index contributed by atoms with van der Waals surface area (Å²) < 4.78 is 39.2. The summed E-state index contributed by atoms with van der Waals surface area (Å²) in [6, 6.07) is 4.29. The van der Waals surface area contributed by atoms with Gasteiger partial charge in [-0.05, 0) is 103 Å². The van der Waals surface area contributed by atoms with Gasteiger partial charge in [0.15, 0.2) is 5.82 Å². The van der Waals surface area contributed by atoms with Crippen LogP contribution in [0.3, 0.4) is 0 Å². The molecule has 5 rings (SSSR count). The fourth-order valence-corrected chi connectivity index (χ4v) is 6.93. The molecule has 0 bridgehead atoms. The zero-order valence-corrected chi connectivity index (χ0v) is 28.2. The molecule has 2 N–H and O–H groups in total. The average Bonchev–Trinajstić information content (AvgIpc) is 3.70. The normalized spacial score (nSPS) is 16.8. The van der Waals surface area contributed by atoms with Gasteiger partial charge in [0, 0.05) is 25.9 Å². The zero-order valence-electron chi connectivity index (χ0n) is 26.6. The number of methoxy groups -OCH3 is 1. The summed E-state index contributed by atoms with van der Waals surface area (Å²) >= 11 is 6.45. The number of benzene rings is 1. The van der Waals surface area contributed by atoms with Crippen LogP contribution in [-0.2, 0) is 21.6 Å². The minimum atomic E-state index is -3.64. The second-order valence-electron chi connectivity index (χ2n) is 12.8. The predicted molar refractivity (Wildman–Crippen MR) is 173 cm³/mol. The number of halogens is 1. The number of ether oxygens (including phenoxy) is 2. The Hall–Kier alpha value is -2.93. The predicted octanol–water partition coefficient (Wildman–Crippen LogP) is 5.99. The van der Waals surface area contributed by atoms with Crippen LogP contribution < -0.4 is 15.4 Å². The first kappa shape index (κ1) is 32.5. The molecule has 1 aliphatic heterocycles. The molecule has 0 atom stereocenters. The summed E-state index contributed by atoms with van der Waals surface area (Å²) in [5.74, 6) is 1.79. The van der Waals surface area contributed by atoms with Crippen LogP contribution in [-0.4, -0.2) is 76.8 Å². The van der Waals surface area contributed by atoms with Gasteiger partial charge in [-0.25, -0.2) is 13.4 Å². The van der Waals surface area contributed by atoms with Crippen LogP contribution in [0.4, 0.5) is 23.1 Å². The topological polar surface area (TPSA) is 123 Å². The number of nitrogens with zero attached hydrogens (tertiary/aromatic N) is 5. The number of hydrogen-bond donors (Lipinski definition) is 2. The van der Waals surface area contributed by atoms with Crippen molar-refractivity contribution in [3.63, 3.8) is 0 Å². The van der Waals surface area contributed by atoms with Crippen molar-refractivity contribution in [3.8, 4) is 5.75 Å². The Bertz CT molecular complexity index is 1600. The van der Waals surface area contributed by atoms with Gasteiger partial charge in [-0.2, -0.15) is 10.1 Å². The summed E-state index contributed by atoms with van der Waals surface area (Å²) in [4.78, 5) is 11.5. The number of likely N-dealkylation sites (tertiary alicyclic amines) is 1. The Labute approximate surface area is 265 Å². The minimum Gasteiger partial charge on any atom is -0.488 e. The van der Waals surface area contributed by atoms with E-state index in [9.17, 15) is 8.42 Å². The Morgan fingerprint density at radius 3 is 2.45 bits per heavy atom. The molecule has 0 radical (unpaired) electrons. The molecule has 0 unspecified atom stereocenters. The SMILES string of the molecule is COCC(C)(C)N1CCC(c2cc(OC3CC3)c(Nc3ncc(Cl)c(Nc4cn(C)nc4S(=O)(=O)C(C)C)n3)cc2C)CC1. The molecule has 3 heterocycles. The Morgan fingerprint density at radius 2 is 1.82 bits per heavy atom. The van der Waals surface area contributed by atoms with E-state index >= 15 is 0 Å². The van der Waals surface area contributed by atoms with E-state index in [1.165, 1.54) is 22.0 Å². The molecule has 1 saturated heterocycles. The first-order valence-corrected chi connectivity index (χ1v) is 17.1. The molecule has 2 aliphatic rings. The molecule has 2 aromatic heterocycles. The van der Waals surface area contributed by atoms with Crippen molar-refractivity contribution in [1.29, 1.82) is 0 Å². The third-order valence-electron chi connectivity index (χ3n) is 8.40. The van der Waals surface area contributed by atoms with Crippen molar-refractivity contribution >= 4 is 44.6 Å². The molecular formula is C31H44ClN7O4S. The lowest BCUT2D eigenvalue weighted by molar-refractivity contribution is 0.0186. The van der Waals surface area contributed by atoms with E-state index in [-0.39, 0.29) is 27.5 Å². The Kier molecular flexibility index (Phi) is 9.46. The fourth-order valence-electron chi connectivity index (χ4n) is 5.69. The largest absolute Gasteiger partial charge is 0.488 e. The van der Waals surface area contributed by atoms with Gasteiger partial charge < -0.3 is 20.1 Å². The van der Waals surface area contributed by atoms with Crippen LogP contribution >= 0.6 is 11.6 Å². The number of aromatic nitrogens is 4. The van der Waals surface area contributed by atoms with Crippen LogP contribution in [0.15, 0.2) is 29.6 Å². The Balaban J connectivity index is 1.38. The van der Waals surface area contributed by atoms with Crippen LogP contribution in [0.5, 0.6) is 5.75 Å². The standard InChI is InChI=1S/C31H44ClN7O4S/c1-19(2)44(40,41)29-26(17-38(6)37-29)34-28-24(32)16-33-30(36-28)35-25-14-20(3)23(15-27(25)43-22-8-9-22)21-10-12-39(13-11-21)31(4,5)18-42-7/h14-17,19,21-22H,8-13,18H2,1-7H3,(H2,33,34,35,36). The zero-order chi connectivity index (χ0) is 31.8. The average molecular weight is 646 g/mol. The van der Waals surface area contributed by atoms with Crippen molar-refractivity contribution in [2.45, 2.75) is 88.1 Å². The highest BCUT2D eigenvalue weighted by Crippen LogP contribution is 2.41. The van der Waals surface area contributed by atoms with E-state index in [1.54, 1.807) is 34.2 Å². The van der Waals surface area contributed by atoms with Crippen molar-refractivity contribution in [2.75, 3.05) is 37.4 Å². The van der Waals surface area contributed by atoms with E-state index in [0.717, 1.165) is 50.2 Å². The monoisotopic (exact) mass is 645 g/mol. The van der Waals surface area contributed by atoms with Gasteiger partial charge in [0.25, 0.3) is 0 Å². The lowest BCUT2D eigenvalue weighted by Crippen LogP contribution is -2.50. The summed E-state index contributed by atoms with van der Waals surface area (Å²) in [6.07, 6.45) is 7.49. The first-order valence-electron chi connectivity index (χ1n) is 15.2. The molecule has 0 amide bonds. The molecule has 1 aromatic carbocycles. The maximum absolute atomic E-state index is 12.9. The maximum atomic E-state index is 12.9. The summed E-state index contributed by atoms with van der Waals surface area (Å²) in [5, 5.41) is 10.1. The van der Waals surface area contributed by atoms with E-state index in [1.807, 2.05) is 0 Å². The lowest BCUT2D eigenvalue weighted by atomic mass is 9.85. The number of aryl methyl sites for hydroxylation is 2. The summed E-state index contributed by atoms with van der Waals surface area (Å²) in [7, 11) is -0.216. The van der Waals surface area contributed by atoms with Gasteiger partial charge in [-0.1, -0.05) is 11.6 Å². The highest BCUT2D eigenvalue weighted by Gasteiger charge is 2.33. The molecule has 3 aromatic rings. The van der Waals surface area contributed by atoms with Gasteiger partial charge in [0.2, 0.25) is 20.8 Å². The summed E-state index contributed by atoms with van der Waals surface area (Å²) in [6.45, 7) is 12.6. The Morgan fingerprint density at radius 1 is 1.11 bits per heavy atom. The van der Waals surface area contributed by atoms with E-state index in [0.29, 0.717) is 24.2 Å². The highest BCUT2D eigenvalue weighted by molar-refractivity contribution is 7.92. The van der Waals surface area contributed by atoms with Crippen LogP contribution in [0.25, 0.3) is 0 Å². The minimum absolute atomic E-state index is 0.0103. The molecule has 1 saturated carbocycles. The van der Waals surface area contributed by atoms with Crippen LogP contribution in [0.1, 0.15) is 70.4 Å². The number of rotatable bonds is 12.